The van der Waals surface area contributed by atoms with E-state index in [1.165, 1.54) is 0 Å². The number of fused-ring (bicyclic) bond motifs is 3. The standard InChI is InChI=1S/C26H23N3O2/c30-26(29-15-24-25(16-29)31-13-12-28-24)22-9-8-19(20-5-1-2-6-21(20)22)17-7-10-23-18(14-17)4-3-11-27-23/h1-11,14,24-25,28H,12-13,15-16H2/t24-,25-/m0/s1. The number of likely N-dealkylation sites (tertiary alicyclic amines) is 1. The number of morpholine rings is 1. The topological polar surface area (TPSA) is 54.5 Å². The number of rotatable bonds is 2. The Balaban J connectivity index is 1.41. The Labute approximate surface area is 180 Å². The molecule has 0 aliphatic carbocycles. The molecule has 0 unspecified atom stereocenters. The van der Waals surface area contributed by atoms with Gasteiger partial charge in [0.25, 0.3) is 5.91 Å². The summed E-state index contributed by atoms with van der Waals surface area (Å²) >= 11 is 0. The SMILES string of the molecule is O=C(c1ccc(-c2ccc3ncccc3c2)c2ccccc12)N1C[C@@H]2NCCO[C@H]2C1. The number of pyridine rings is 1. The first-order valence-electron chi connectivity index (χ1n) is 10.8. The lowest BCUT2D eigenvalue weighted by Crippen LogP contribution is -2.47. The van der Waals surface area contributed by atoms with Gasteiger partial charge in [-0.25, -0.2) is 0 Å². The third-order valence-corrected chi connectivity index (χ3v) is 6.46. The van der Waals surface area contributed by atoms with Gasteiger partial charge in [0.15, 0.2) is 0 Å². The maximum atomic E-state index is 13.5. The van der Waals surface area contributed by atoms with Crippen LogP contribution in [0, 0.1) is 0 Å². The van der Waals surface area contributed by atoms with Crippen molar-refractivity contribution in [2.75, 3.05) is 26.2 Å². The van der Waals surface area contributed by atoms with E-state index < -0.39 is 0 Å². The van der Waals surface area contributed by atoms with Gasteiger partial charge in [0.2, 0.25) is 0 Å². The van der Waals surface area contributed by atoms with Crippen LogP contribution in [0.25, 0.3) is 32.8 Å². The smallest absolute Gasteiger partial charge is 0.254 e. The van der Waals surface area contributed by atoms with Crippen LogP contribution in [0.2, 0.25) is 0 Å². The quantitative estimate of drug-likeness (QED) is 0.546. The highest BCUT2D eigenvalue weighted by molar-refractivity contribution is 6.11. The molecule has 2 atom stereocenters. The van der Waals surface area contributed by atoms with Crippen LogP contribution in [0.4, 0.5) is 0 Å². The number of hydrogen-bond donors (Lipinski definition) is 1. The molecule has 1 N–H and O–H groups in total. The van der Waals surface area contributed by atoms with E-state index in [9.17, 15) is 4.79 Å². The summed E-state index contributed by atoms with van der Waals surface area (Å²) in [6, 6.07) is 22.8. The molecular weight excluding hydrogens is 386 g/mol. The Bertz CT molecular complexity index is 1290. The van der Waals surface area contributed by atoms with Gasteiger partial charge in [-0.2, -0.15) is 0 Å². The molecule has 1 aromatic heterocycles. The Morgan fingerprint density at radius 2 is 1.90 bits per heavy atom. The lowest BCUT2D eigenvalue weighted by molar-refractivity contribution is 0.0176. The normalized spacial score (nSPS) is 20.8. The van der Waals surface area contributed by atoms with Gasteiger partial charge in [0.1, 0.15) is 0 Å². The van der Waals surface area contributed by atoms with Crippen LogP contribution < -0.4 is 5.32 Å². The summed E-state index contributed by atoms with van der Waals surface area (Å²) in [5.41, 5.74) is 3.98. The van der Waals surface area contributed by atoms with Gasteiger partial charge in [-0.05, 0) is 46.2 Å². The molecule has 2 aliphatic rings. The molecule has 5 nitrogen and oxygen atoms in total. The Kier molecular flexibility index (Phi) is 4.44. The minimum Gasteiger partial charge on any atom is -0.373 e. The second-order valence-corrected chi connectivity index (χ2v) is 8.30. The largest absolute Gasteiger partial charge is 0.373 e. The summed E-state index contributed by atoms with van der Waals surface area (Å²) in [6.45, 7) is 2.89. The van der Waals surface area contributed by atoms with Gasteiger partial charge in [-0.3, -0.25) is 9.78 Å². The zero-order valence-corrected chi connectivity index (χ0v) is 17.1. The first kappa shape index (κ1) is 18.5. The van der Waals surface area contributed by atoms with Crippen molar-refractivity contribution in [3.8, 4) is 11.1 Å². The molecule has 1 amide bonds. The van der Waals surface area contributed by atoms with E-state index in [-0.39, 0.29) is 18.1 Å². The number of ether oxygens (including phenoxy) is 1. The molecule has 4 aromatic rings. The van der Waals surface area contributed by atoms with Crippen LogP contribution in [0.15, 0.2) is 72.9 Å². The van der Waals surface area contributed by atoms with Crippen LogP contribution in [-0.4, -0.2) is 54.2 Å². The van der Waals surface area contributed by atoms with E-state index >= 15 is 0 Å². The Hall–Kier alpha value is -3.28. The van der Waals surface area contributed by atoms with Crippen LogP contribution in [0.3, 0.4) is 0 Å². The highest BCUT2D eigenvalue weighted by Gasteiger charge is 2.38. The van der Waals surface area contributed by atoms with Gasteiger partial charge < -0.3 is 15.0 Å². The van der Waals surface area contributed by atoms with Crippen LogP contribution in [-0.2, 0) is 4.74 Å². The fourth-order valence-corrected chi connectivity index (χ4v) is 4.91. The number of carbonyl (C=O) groups excluding carboxylic acids is 1. The summed E-state index contributed by atoms with van der Waals surface area (Å²) < 4.78 is 5.86. The predicted molar refractivity (Wildman–Crippen MR) is 122 cm³/mol. The molecule has 5 heteroatoms. The van der Waals surface area contributed by atoms with E-state index in [0.717, 1.165) is 44.9 Å². The lowest BCUT2D eigenvalue weighted by atomic mass is 9.94. The second-order valence-electron chi connectivity index (χ2n) is 8.30. The molecule has 2 saturated heterocycles. The van der Waals surface area contributed by atoms with Crippen molar-refractivity contribution in [1.82, 2.24) is 15.2 Å². The predicted octanol–water partition coefficient (Wildman–Crippen LogP) is 3.87. The van der Waals surface area contributed by atoms with E-state index in [2.05, 4.69) is 46.7 Å². The summed E-state index contributed by atoms with van der Waals surface area (Å²) in [5.74, 6) is 0.0743. The van der Waals surface area contributed by atoms with Crippen molar-refractivity contribution in [2.45, 2.75) is 12.1 Å². The first-order valence-corrected chi connectivity index (χ1v) is 10.8. The number of hydrogen-bond acceptors (Lipinski definition) is 4. The van der Waals surface area contributed by atoms with Crippen LogP contribution in [0.5, 0.6) is 0 Å². The molecule has 154 valence electrons. The molecule has 31 heavy (non-hydrogen) atoms. The van der Waals surface area contributed by atoms with E-state index in [0.29, 0.717) is 19.7 Å². The summed E-state index contributed by atoms with van der Waals surface area (Å²) in [7, 11) is 0. The molecule has 0 spiro atoms. The zero-order chi connectivity index (χ0) is 20.8. The lowest BCUT2D eigenvalue weighted by Gasteiger charge is -2.25. The van der Waals surface area contributed by atoms with Gasteiger partial charge in [0.05, 0.1) is 24.3 Å². The summed E-state index contributed by atoms with van der Waals surface area (Å²) in [6.07, 6.45) is 1.90. The third kappa shape index (κ3) is 3.17. The minimum absolute atomic E-state index is 0.0743. The highest BCUT2D eigenvalue weighted by atomic mass is 16.5. The molecule has 3 heterocycles. The van der Waals surface area contributed by atoms with E-state index in [4.69, 9.17) is 4.74 Å². The Morgan fingerprint density at radius 3 is 2.81 bits per heavy atom. The average molecular weight is 409 g/mol. The zero-order valence-electron chi connectivity index (χ0n) is 17.1. The van der Waals surface area contributed by atoms with Crippen LogP contribution >= 0.6 is 0 Å². The van der Waals surface area contributed by atoms with Gasteiger partial charge in [0, 0.05) is 36.8 Å². The van der Waals surface area contributed by atoms with Crippen molar-refractivity contribution in [3.63, 3.8) is 0 Å². The number of benzene rings is 3. The first-order chi connectivity index (χ1) is 15.3. The van der Waals surface area contributed by atoms with Crippen molar-refractivity contribution >= 4 is 27.6 Å². The number of amides is 1. The van der Waals surface area contributed by atoms with Gasteiger partial charge in [-0.15, -0.1) is 0 Å². The van der Waals surface area contributed by atoms with E-state index in [1.54, 1.807) is 0 Å². The van der Waals surface area contributed by atoms with Crippen LogP contribution in [0.1, 0.15) is 10.4 Å². The second kappa shape index (κ2) is 7.45. The number of aromatic nitrogens is 1. The maximum absolute atomic E-state index is 13.5. The van der Waals surface area contributed by atoms with Crippen molar-refractivity contribution in [1.29, 1.82) is 0 Å². The van der Waals surface area contributed by atoms with Gasteiger partial charge in [-0.1, -0.05) is 42.5 Å². The molecule has 3 aromatic carbocycles. The van der Waals surface area contributed by atoms with Gasteiger partial charge >= 0.3 is 0 Å². The highest BCUT2D eigenvalue weighted by Crippen LogP contribution is 2.33. The summed E-state index contributed by atoms with van der Waals surface area (Å²) in [5, 5.41) is 6.66. The van der Waals surface area contributed by atoms with Crippen molar-refractivity contribution in [3.05, 3.63) is 78.5 Å². The van der Waals surface area contributed by atoms with E-state index in [1.807, 2.05) is 41.4 Å². The monoisotopic (exact) mass is 409 g/mol. The molecular formula is C26H23N3O2. The summed E-state index contributed by atoms with van der Waals surface area (Å²) in [4.78, 5) is 19.8. The number of nitrogens with zero attached hydrogens (tertiary/aromatic N) is 2. The third-order valence-electron chi connectivity index (χ3n) is 6.46. The average Bonchev–Trinajstić information content (AvgIpc) is 3.27. The number of carbonyl (C=O) groups is 1. The minimum atomic E-state index is 0.0743. The van der Waals surface area contributed by atoms with Crippen molar-refractivity contribution in [2.24, 2.45) is 0 Å². The number of nitrogens with one attached hydrogen (secondary N) is 1. The Morgan fingerprint density at radius 1 is 1.00 bits per heavy atom. The molecule has 2 fully saturated rings. The molecule has 2 aliphatic heterocycles. The molecule has 0 saturated carbocycles. The molecule has 6 rings (SSSR count). The molecule has 0 radical (unpaired) electrons. The van der Waals surface area contributed by atoms with Crippen molar-refractivity contribution < 1.29 is 9.53 Å². The maximum Gasteiger partial charge on any atom is 0.254 e. The fraction of sp³-hybridized carbons (Fsp3) is 0.231. The fourth-order valence-electron chi connectivity index (χ4n) is 4.91. The molecule has 0 bridgehead atoms.